The monoisotopic (exact) mass is 334 g/mol. The van der Waals surface area contributed by atoms with Crippen molar-refractivity contribution in [1.29, 1.82) is 0 Å². The van der Waals surface area contributed by atoms with Crippen molar-refractivity contribution < 1.29 is 0 Å². The molecule has 1 aromatic heterocycles. The zero-order chi connectivity index (χ0) is 17.1. The van der Waals surface area contributed by atoms with Gasteiger partial charge in [-0.15, -0.1) is 10.2 Å². The molecule has 0 saturated carbocycles. The van der Waals surface area contributed by atoms with E-state index in [4.69, 9.17) is 5.73 Å². The summed E-state index contributed by atoms with van der Waals surface area (Å²) >= 11 is 0. The molecular weight excluding hydrogens is 312 g/mol. The Balaban J connectivity index is 1.41. The van der Waals surface area contributed by atoms with E-state index < -0.39 is 0 Å². The summed E-state index contributed by atoms with van der Waals surface area (Å²) in [7, 11) is 0. The summed E-state index contributed by atoms with van der Waals surface area (Å²) in [6.45, 7) is 5.08. The molecule has 0 unspecified atom stereocenters. The first-order valence-corrected chi connectivity index (χ1v) is 8.55. The topological polar surface area (TPSA) is 63.2 Å². The molecule has 0 spiro atoms. The number of nitrogens with two attached hydrogens (primary N) is 1. The van der Waals surface area contributed by atoms with E-state index in [2.05, 4.69) is 62.5 Å². The van der Waals surface area contributed by atoms with E-state index >= 15 is 0 Å². The molecule has 0 amide bonds. The predicted molar refractivity (Wildman–Crippen MR) is 99.7 cm³/mol. The van der Waals surface area contributed by atoms with Gasteiger partial charge in [0.25, 0.3) is 0 Å². The Bertz CT molecular complexity index is 807. The average Bonchev–Trinajstić information content (AvgIpc) is 3.18. The maximum atomic E-state index is 6.31. The van der Waals surface area contributed by atoms with E-state index in [9.17, 15) is 0 Å². The fraction of sp³-hybridized carbons (Fsp3) is 0.263. The van der Waals surface area contributed by atoms with Gasteiger partial charge in [-0.05, 0) is 23.8 Å². The van der Waals surface area contributed by atoms with E-state index in [1.54, 1.807) is 12.7 Å². The molecule has 2 heterocycles. The molecule has 4 rings (SSSR count). The molecule has 0 aliphatic carbocycles. The molecule has 1 fully saturated rings. The van der Waals surface area contributed by atoms with Crippen molar-refractivity contribution >= 4 is 11.4 Å². The average molecular weight is 334 g/mol. The van der Waals surface area contributed by atoms with Crippen molar-refractivity contribution in [3.63, 3.8) is 0 Å². The minimum atomic E-state index is 0.794. The van der Waals surface area contributed by atoms with Crippen LogP contribution in [0.2, 0.25) is 0 Å². The molecule has 1 aliphatic heterocycles. The summed E-state index contributed by atoms with van der Waals surface area (Å²) in [5, 5.41) is 7.68. The molecule has 0 bridgehead atoms. The normalized spacial score (nSPS) is 15.4. The van der Waals surface area contributed by atoms with Crippen LogP contribution in [-0.2, 0) is 6.54 Å². The molecule has 1 aliphatic rings. The molecule has 3 aromatic rings. The number of piperazine rings is 1. The van der Waals surface area contributed by atoms with Crippen LogP contribution in [0.25, 0.3) is 5.69 Å². The first-order chi connectivity index (χ1) is 12.3. The summed E-state index contributed by atoms with van der Waals surface area (Å²) in [6, 6.07) is 16.8. The highest BCUT2D eigenvalue weighted by Gasteiger charge is 2.19. The molecule has 25 heavy (non-hydrogen) atoms. The molecule has 128 valence electrons. The summed E-state index contributed by atoms with van der Waals surface area (Å²) in [6.07, 6.45) is 3.35. The molecule has 0 atom stereocenters. The van der Waals surface area contributed by atoms with Gasteiger partial charge in [0.1, 0.15) is 12.7 Å². The Hall–Kier alpha value is -2.86. The third kappa shape index (κ3) is 3.49. The van der Waals surface area contributed by atoms with Crippen LogP contribution in [0.5, 0.6) is 0 Å². The second-order valence-electron chi connectivity index (χ2n) is 6.36. The maximum Gasteiger partial charge on any atom is 0.123 e. The molecular formula is C19H22N6. The second-order valence-corrected chi connectivity index (χ2v) is 6.36. The van der Waals surface area contributed by atoms with Crippen LogP contribution in [0.1, 0.15) is 5.56 Å². The van der Waals surface area contributed by atoms with Crippen molar-refractivity contribution in [3.8, 4) is 5.69 Å². The number of rotatable bonds is 4. The van der Waals surface area contributed by atoms with Crippen molar-refractivity contribution in [2.45, 2.75) is 6.54 Å². The van der Waals surface area contributed by atoms with Crippen LogP contribution in [0.4, 0.5) is 11.4 Å². The minimum Gasteiger partial charge on any atom is -0.397 e. The first-order valence-electron chi connectivity index (χ1n) is 8.55. The molecule has 1 saturated heterocycles. The largest absolute Gasteiger partial charge is 0.397 e. The smallest absolute Gasteiger partial charge is 0.123 e. The third-order valence-electron chi connectivity index (χ3n) is 4.69. The first kappa shape index (κ1) is 15.7. The van der Waals surface area contributed by atoms with Crippen molar-refractivity contribution in [2.75, 3.05) is 36.8 Å². The molecule has 6 heteroatoms. The number of nitrogens with zero attached hydrogens (tertiary/aromatic N) is 5. The number of hydrogen-bond acceptors (Lipinski definition) is 5. The zero-order valence-corrected chi connectivity index (χ0v) is 14.1. The van der Waals surface area contributed by atoms with Gasteiger partial charge < -0.3 is 10.6 Å². The van der Waals surface area contributed by atoms with Crippen LogP contribution in [0.3, 0.4) is 0 Å². The standard InChI is InChI=1S/C19H22N6/c20-18-12-17(25-14-21-22-15-25)6-7-19(18)24-10-8-23(9-11-24)13-16-4-2-1-3-5-16/h1-7,12,14-15H,8-11,13,20H2. The Morgan fingerprint density at radius 2 is 1.60 bits per heavy atom. The molecule has 6 nitrogen and oxygen atoms in total. The van der Waals surface area contributed by atoms with Gasteiger partial charge in [0.15, 0.2) is 0 Å². The van der Waals surface area contributed by atoms with Crippen molar-refractivity contribution in [3.05, 3.63) is 66.7 Å². The summed E-state index contributed by atoms with van der Waals surface area (Å²) in [5.74, 6) is 0. The number of nitrogen functional groups attached to an aromatic ring is 1. The minimum absolute atomic E-state index is 0.794. The van der Waals surface area contributed by atoms with Crippen LogP contribution in [0.15, 0.2) is 61.2 Å². The van der Waals surface area contributed by atoms with Gasteiger partial charge in [0.2, 0.25) is 0 Å². The van der Waals surface area contributed by atoms with Crippen LogP contribution in [-0.4, -0.2) is 45.8 Å². The molecule has 2 aromatic carbocycles. The lowest BCUT2D eigenvalue weighted by Crippen LogP contribution is -2.46. The van der Waals surface area contributed by atoms with Gasteiger partial charge in [-0.25, -0.2) is 0 Å². The lowest BCUT2D eigenvalue weighted by atomic mass is 10.1. The van der Waals surface area contributed by atoms with Gasteiger partial charge in [0, 0.05) is 32.7 Å². The highest BCUT2D eigenvalue weighted by Crippen LogP contribution is 2.27. The highest BCUT2D eigenvalue weighted by molar-refractivity contribution is 5.70. The highest BCUT2D eigenvalue weighted by atomic mass is 15.3. The Morgan fingerprint density at radius 1 is 0.880 bits per heavy atom. The zero-order valence-electron chi connectivity index (χ0n) is 14.1. The van der Waals surface area contributed by atoms with Gasteiger partial charge >= 0.3 is 0 Å². The number of aromatic nitrogens is 3. The van der Waals surface area contributed by atoms with E-state index in [0.717, 1.165) is 49.8 Å². The summed E-state index contributed by atoms with van der Waals surface area (Å²) < 4.78 is 1.86. The van der Waals surface area contributed by atoms with E-state index in [1.165, 1.54) is 5.56 Å². The third-order valence-corrected chi connectivity index (χ3v) is 4.69. The van der Waals surface area contributed by atoms with Gasteiger partial charge in [0.05, 0.1) is 17.1 Å². The van der Waals surface area contributed by atoms with Gasteiger partial charge in [-0.2, -0.15) is 0 Å². The van der Waals surface area contributed by atoms with Crippen LogP contribution < -0.4 is 10.6 Å². The summed E-state index contributed by atoms with van der Waals surface area (Å²) in [4.78, 5) is 4.86. The van der Waals surface area contributed by atoms with Crippen molar-refractivity contribution in [2.24, 2.45) is 0 Å². The molecule has 2 N–H and O–H groups in total. The fourth-order valence-corrected chi connectivity index (χ4v) is 3.31. The van der Waals surface area contributed by atoms with E-state index in [-0.39, 0.29) is 0 Å². The SMILES string of the molecule is Nc1cc(-n2cnnc2)ccc1N1CCN(Cc2ccccc2)CC1. The quantitative estimate of drug-likeness (QED) is 0.741. The van der Waals surface area contributed by atoms with E-state index in [0.29, 0.717) is 0 Å². The van der Waals surface area contributed by atoms with Crippen LogP contribution >= 0.6 is 0 Å². The predicted octanol–water partition coefficient (Wildman–Crippen LogP) is 2.17. The Kier molecular flexibility index (Phi) is 4.35. The van der Waals surface area contributed by atoms with Gasteiger partial charge in [-0.3, -0.25) is 9.47 Å². The fourth-order valence-electron chi connectivity index (χ4n) is 3.31. The van der Waals surface area contributed by atoms with E-state index in [1.807, 2.05) is 10.6 Å². The van der Waals surface area contributed by atoms with Crippen molar-refractivity contribution in [1.82, 2.24) is 19.7 Å². The lowest BCUT2D eigenvalue weighted by Gasteiger charge is -2.36. The van der Waals surface area contributed by atoms with Gasteiger partial charge in [-0.1, -0.05) is 30.3 Å². The number of hydrogen-bond donors (Lipinski definition) is 1. The lowest BCUT2D eigenvalue weighted by molar-refractivity contribution is 0.250. The maximum absolute atomic E-state index is 6.31. The second kappa shape index (κ2) is 6.94. The Morgan fingerprint density at radius 3 is 2.28 bits per heavy atom. The Labute approximate surface area is 147 Å². The summed E-state index contributed by atoms with van der Waals surface area (Å²) in [5.41, 5.74) is 10.6. The molecule has 0 radical (unpaired) electrons. The number of benzene rings is 2. The van der Waals surface area contributed by atoms with Crippen LogP contribution in [0, 0.1) is 0 Å². The number of anilines is 2.